The van der Waals surface area contributed by atoms with E-state index < -0.39 is 103 Å². The van der Waals surface area contributed by atoms with E-state index in [-0.39, 0.29) is 37.8 Å². The summed E-state index contributed by atoms with van der Waals surface area (Å²) in [6, 6.07) is -1.27. The summed E-state index contributed by atoms with van der Waals surface area (Å²) < 4.78 is 0. The van der Waals surface area contributed by atoms with Crippen molar-refractivity contribution in [1.82, 2.24) is 26.2 Å². The number of amides is 6. The molecule has 0 saturated carbocycles. The molecule has 6 amide bonds. The molecule has 11 N–H and O–H groups in total. The highest BCUT2D eigenvalue weighted by Crippen LogP contribution is 2.21. The third-order valence-corrected chi connectivity index (χ3v) is 8.91. The molecule has 0 spiro atoms. The van der Waals surface area contributed by atoms with E-state index in [0.717, 1.165) is 0 Å². The molecule has 1 aliphatic rings. The molecule has 18 nitrogen and oxygen atoms in total. The number of aliphatic hydroxyl groups is 1. The van der Waals surface area contributed by atoms with Gasteiger partial charge in [0.2, 0.25) is 35.4 Å². The second-order valence-corrected chi connectivity index (χ2v) is 13.0. The maximum Gasteiger partial charge on any atom is 0.303 e. The van der Waals surface area contributed by atoms with Crippen LogP contribution < -0.4 is 32.7 Å². The molecule has 0 radical (unpaired) electrons. The number of aldehydes is 1. The summed E-state index contributed by atoms with van der Waals surface area (Å²) in [6.07, 6.45) is -1.34. The topological polar surface area (TPSA) is 301 Å². The van der Waals surface area contributed by atoms with Gasteiger partial charge in [-0.1, -0.05) is 32.4 Å². The number of phenolic OH excluding ortho intramolecular Hbond substituents is 1. The predicted molar refractivity (Wildman–Crippen MR) is 185 cm³/mol. The van der Waals surface area contributed by atoms with Gasteiger partial charge in [-0.05, 0) is 62.6 Å². The molecule has 288 valence electrons. The molecule has 1 aromatic rings. The summed E-state index contributed by atoms with van der Waals surface area (Å²) in [5.74, 6) is -6.37. The third-order valence-electron chi connectivity index (χ3n) is 8.91. The Morgan fingerprint density at radius 2 is 1.50 bits per heavy atom. The van der Waals surface area contributed by atoms with Crippen molar-refractivity contribution in [2.75, 3.05) is 6.54 Å². The highest BCUT2D eigenvalue weighted by Gasteiger charge is 2.39. The number of aliphatic carboxylic acids is 1. The molecule has 0 unspecified atom stereocenters. The van der Waals surface area contributed by atoms with Crippen LogP contribution in [0.5, 0.6) is 5.75 Å². The summed E-state index contributed by atoms with van der Waals surface area (Å²) in [5, 5.41) is 38.3. The molecule has 0 aliphatic carbocycles. The molecule has 0 aromatic heterocycles. The minimum Gasteiger partial charge on any atom is -0.508 e. The van der Waals surface area contributed by atoms with E-state index in [2.05, 4.69) is 21.3 Å². The molecule has 2 rings (SSSR count). The number of hydrogen-bond acceptors (Lipinski definition) is 11. The summed E-state index contributed by atoms with van der Waals surface area (Å²) in [5.41, 5.74) is 12.2. The Balaban J connectivity index is 2.24. The fraction of sp³-hybridized carbons (Fsp3) is 0.588. The van der Waals surface area contributed by atoms with Crippen LogP contribution in [0.15, 0.2) is 24.3 Å². The maximum atomic E-state index is 13.7. The van der Waals surface area contributed by atoms with Gasteiger partial charge < -0.3 is 57.7 Å². The third kappa shape index (κ3) is 13.2. The number of benzene rings is 1. The monoisotopic (exact) mass is 733 g/mol. The van der Waals surface area contributed by atoms with Crippen LogP contribution in [0.4, 0.5) is 0 Å². The standard InChI is InChI=1S/C34H51N7O11/c1-4-18(2)29(40-32(50)26-6-5-15-41(26)34(52)22(35)16-20-7-9-21(44)10-8-20)33(51)38-23(11-13-27(36)45)30(48)37-24(12-14-28(46)47)31(49)39-25(17-42)19(3)43/h7-10,17-19,22-26,29,43-44H,4-6,11-16,35H2,1-3H3,(H2,36,45)(H,37,48)(H,38,51)(H,39,49)(H,40,50)(H,46,47)/t18-,19+,22-,23-,24-,25+,26-,29-/m0/s1. The molecule has 52 heavy (non-hydrogen) atoms. The molecule has 1 heterocycles. The zero-order chi connectivity index (χ0) is 39.1. The molecule has 1 saturated heterocycles. The van der Waals surface area contributed by atoms with Crippen LogP contribution in [0.3, 0.4) is 0 Å². The number of carboxylic acids is 1. The minimum absolute atomic E-state index is 0.0599. The zero-order valence-corrected chi connectivity index (χ0v) is 29.6. The molecule has 1 aromatic carbocycles. The highest BCUT2D eigenvalue weighted by molar-refractivity contribution is 5.96. The molecule has 8 atom stereocenters. The molecule has 1 fully saturated rings. The molecule has 0 bridgehead atoms. The van der Waals surface area contributed by atoms with Crippen LogP contribution in [-0.2, 0) is 44.8 Å². The first kappa shape index (κ1) is 43.1. The lowest BCUT2D eigenvalue weighted by Gasteiger charge is -2.31. The van der Waals surface area contributed by atoms with Crippen molar-refractivity contribution in [1.29, 1.82) is 0 Å². The molecular weight excluding hydrogens is 682 g/mol. The van der Waals surface area contributed by atoms with Gasteiger partial charge in [-0.2, -0.15) is 0 Å². The Kier molecular flexibility index (Phi) is 17.1. The van der Waals surface area contributed by atoms with E-state index in [1.165, 1.54) is 24.0 Å². The van der Waals surface area contributed by atoms with E-state index in [1.54, 1.807) is 26.0 Å². The average molecular weight is 734 g/mol. The summed E-state index contributed by atoms with van der Waals surface area (Å²) in [4.78, 5) is 103. The number of primary amides is 1. The minimum atomic E-state index is -1.52. The number of likely N-dealkylation sites (tertiary alicyclic amines) is 1. The second kappa shape index (κ2) is 20.7. The van der Waals surface area contributed by atoms with Crippen molar-refractivity contribution in [3.8, 4) is 5.75 Å². The molecular formula is C34H51N7O11. The Morgan fingerprint density at radius 1 is 0.923 bits per heavy atom. The number of carbonyl (C=O) groups is 8. The van der Waals surface area contributed by atoms with Crippen molar-refractivity contribution >= 4 is 47.7 Å². The van der Waals surface area contributed by atoms with Gasteiger partial charge in [-0.15, -0.1) is 0 Å². The number of nitrogens with two attached hydrogens (primary N) is 2. The quantitative estimate of drug-likeness (QED) is 0.0617. The van der Waals surface area contributed by atoms with Crippen LogP contribution in [0.1, 0.15) is 71.3 Å². The summed E-state index contributed by atoms with van der Waals surface area (Å²) in [7, 11) is 0. The number of carboxylic acid groups (broad SMARTS) is 1. The van der Waals surface area contributed by atoms with Crippen molar-refractivity contribution < 1.29 is 53.7 Å². The van der Waals surface area contributed by atoms with Crippen LogP contribution in [0, 0.1) is 5.92 Å². The second-order valence-electron chi connectivity index (χ2n) is 13.0. The molecule has 1 aliphatic heterocycles. The fourth-order valence-corrected chi connectivity index (χ4v) is 5.60. The number of aliphatic hydroxyl groups excluding tert-OH is 1. The van der Waals surface area contributed by atoms with Crippen LogP contribution in [0.2, 0.25) is 0 Å². The Labute approximate surface area is 301 Å². The van der Waals surface area contributed by atoms with E-state index in [1.807, 2.05) is 0 Å². The number of nitrogens with zero attached hydrogens (tertiary/aromatic N) is 1. The van der Waals surface area contributed by atoms with Gasteiger partial charge in [-0.3, -0.25) is 33.6 Å². The van der Waals surface area contributed by atoms with E-state index in [9.17, 15) is 53.7 Å². The predicted octanol–water partition coefficient (Wildman–Crippen LogP) is -2.05. The Hall–Kier alpha value is -5.10. The van der Waals surface area contributed by atoms with Crippen molar-refractivity contribution in [2.24, 2.45) is 17.4 Å². The number of aromatic hydroxyl groups is 1. The van der Waals surface area contributed by atoms with Gasteiger partial charge in [-0.25, -0.2) is 0 Å². The van der Waals surface area contributed by atoms with E-state index in [4.69, 9.17) is 11.5 Å². The molecule has 18 heteroatoms. The van der Waals surface area contributed by atoms with E-state index in [0.29, 0.717) is 24.8 Å². The highest BCUT2D eigenvalue weighted by atomic mass is 16.4. The number of carbonyl (C=O) groups excluding carboxylic acids is 7. The zero-order valence-electron chi connectivity index (χ0n) is 29.6. The lowest BCUT2D eigenvalue weighted by molar-refractivity contribution is -0.141. The normalized spacial score (nSPS) is 18.0. The summed E-state index contributed by atoms with van der Waals surface area (Å²) >= 11 is 0. The fourth-order valence-electron chi connectivity index (χ4n) is 5.60. The first-order valence-electron chi connectivity index (χ1n) is 17.2. The van der Waals surface area contributed by atoms with Crippen LogP contribution >= 0.6 is 0 Å². The van der Waals surface area contributed by atoms with Gasteiger partial charge in [0, 0.05) is 19.4 Å². The Bertz CT molecular complexity index is 1440. The first-order chi connectivity index (χ1) is 24.5. The van der Waals surface area contributed by atoms with Gasteiger partial charge in [0.05, 0.1) is 12.1 Å². The maximum absolute atomic E-state index is 13.7. The van der Waals surface area contributed by atoms with Gasteiger partial charge in [0.1, 0.15) is 42.2 Å². The van der Waals surface area contributed by atoms with Crippen LogP contribution in [0.25, 0.3) is 0 Å². The van der Waals surface area contributed by atoms with E-state index >= 15 is 0 Å². The smallest absolute Gasteiger partial charge is 0.303 e. The number of hydrogen-bond donors (Lipinski definition) is 9. The number of rotatable bonds is 21. The van der Waals surface area contributed by atoms with Crippen molar-refractivity contribution in [3.05, 3.63) is 29.8 Å². The van der Waals surface area contributed by atoms with Gasteiger partial charge in [0.25, 0.3) is 0 Å². The van der Waals surface area contributed by atoms with Crippen LogP contribution in [-0.4, -0.2) is 117 Å². The Morgan fingerprint density at radius 3 is 2.04 bits per heavy atom. The number of phenols is 1. The van der Waals surface area contributed by atoms with Crippen molar-refractivity contribution in [3.63, 3.8) is 0 Å². The van der Waals surface area contributed by atoms with Gasteiger partial charge in [0.15, 0.2) is 0 Å². The largest absolute Gasteiger partial charge is 0.508 e. The SMILES string of the molecule is CC[C@H](C)[C@H](NC(=O)[C@@H]1CCCN1C(=O)[C@@H](N)Cc1ccc(O)cc1)C(=O)N[C@@H](CCC(N)=O)C(=O)N[C@@H](CCC(=O)O)C(=O)N[C@H](C=O)[C@@H](C)O. The lowest BCUT2D eigenvalue weighted by Crippen LogP contribution is -2.60. The van der Waals surface area contributed by atoms with Crippen molar-refractivity contribution in [2.45, 2.75) is 114 Å². The van der Waals surface area contributed by atoms with Gasteiger partial charge >= 0.3 is 5.97 Å². The first-order valence-corrected chi connectivity index (χ1v) is 17.2. The average Bonchev–Trinajstić information content (AvgIpc) is 3.59. The number of nitrogens with one attached hydrogen (secondary N) is 4. The lowest BCUT2D eigenvalue weighted by atomic mass is 9.96. The summed E-state index contributed by atoms with van der Waals surface area (Å²) in [6.45, 7) is 4.96.